The number of ether oxygens (including phenoxy) is 2. The molecule has 248 valence electrons. The van der Waals surface area contributed by atoms with Crippen molar-refractivity contribution >= 4 is 78.5 Å². The van der Waals surface area contributed by atoms with Crippen LogP contribution >= 0.6 is 50.4 Å². The number of nitrogen functional groups attached to an aromatic ring is 1. The number of benzene rings is 1. The Morgan fingerprint density at radius 2 is 1.46 bits per heavy atom. The van der Waals surface area contributed by atoms with Crippen molar-refractivity contribution in [3.05, 3.63) is 40.1 Å². The Bertz CT molecular complexity index is 1930. The predicted molar refractivity (Wildman–Crippen MR) is 156 cm³/mol. The van der Waals surface area contributed by atoms with Crippen LogP contribution in [-0.2, 0) is 36.7 Å². The zero-order valence-corrected chi connectivity index (χ0v) is 26.7. The average Bonchev–Trinajstić information content (AvgIpc) is 3.71. The molecule has 46 heavy (non-hydrogen) atoms. The van der Waals surface area contributed by atoms with E-state index in [1.807, 2.05) is 0 Å². The van der Waals surface area contributed by atoms with Crippen molar-refractivity contribution in [2.75, 3.05) is 18.9 Å². The van der Waals surface area contributed by atoms with Crippen LogP contribution in [-0.4, -0.2) is 98.9 Å². The normalized spacial score (nSPS) is 37.2. The van der Waals surface area contributed by atoms with Crippen LogP contribution in [0.5, 0.6) is 0 Å². The highest BCUT2D eigenvalue weighted by Crippen LogP contribution is 2.54. The quantitative estimate of drug-likeness (QED) is 0.184. The van der Waals surface area contributed by atoms with E-state index in [1.54, 1.807) is 0 Å². The van der Waals surface area contributed by atoms with Gasteiger partial charge in [-0.05, 0) is 23.7 Å². The Balaban J connectivity index is 1.23. The Morgan fingerprint density at radius 1 is 0.870 bits per heavy atom. The lowest BCUT2D eigenvalue weighted by atomic mass is 10.1. The van der Waals surface area contributed by atoms with Gasteiger partial charge in [0.05, 0.1) is 40.6 Å². The number of aliphatic hydroxyl groups is 2. The molecule has 0 saturated carbocycles. The second-order valence-corrected chi connectivity index (χ2v) is 14.3. The van der Waals surface area contributed by atoms with E-state index in [-0.39, 0.29) is 43.3 Å². The van der Waals surface area contributed by atoms with E-state index in [0.29, 0.717) is 0 Å². The van der Waals surface area contributed by atoms with Crippen molar-refractivity contribution in [1.82, 2.24) is 29.1 Å². The summed E-state index contributed by atoms with van der Waals surface area (Å²) < 4.78 is 61.8. The number of hydrogen-bond acceptors (Lipinski definition) is 15. The number of halogens is 3. The summed E-state index contributed by atoms with van der Waals surface area (Å²) in [5, 5.41) is 22.3. The summed E-state index contributed by atoms with van der Waals surface area (Å²) in [7, 11) is -10.2. The standard InChI is InChI=1S/C22H22Cl3N7O12P2/c23-7-1-9-10(2-8(7)24)32(22(25)30-9)21-17-15(34)12(42-21)4-40-45(35,36)43-16-14(33)11(3-39-46(37,38)44-17)41-20(16)31-6-29-13-18(26)27-5-28-19(13)31/h1-2,5-6,11-12,14-17,20-21,33-34H,3-4H2,(H,35,36)(H,37,38)(H2,26,27,28)/t11-,12-,14?,15+,16+,17?,20-,21-/m1/s1. The molecule has 0 radical (unpaired) electrons. The number of phosphoric acid groups is 2. The number of anilines is 1. The van der Waals surface area contributed by atoms with Gasteiger partial charge in [0.25, 0.3) is 0 Å². The van der Waals surface area contributed by atoms with Crippen molar-refractivity contribution < 1.29 is 56.7 Å². The molecule has 3 fully saturated rings. The van der Waals surface area contributed by atoms with Gasteiger partial charge in [0.1, 0.15) is 48.5 Å². The van der Waals surface area contributed by atoms with Crippen LogP contribution in [0, 0.1) is 0 Å². The lowest BCUT2D eigenvalue weighted by molar-refractivity contribution is -0.0674. The number of imidazole rings is 2. The number of aliphatic hydroxyl groups excluding tert-OH is 2. The first-order valence-corrected chi connectivity index (χ1v) is 17.3. The number of rotatable bonds is 2. The molecule has 1 aromatic carbocycles. The fraction of sp³-hybridized carbons (Fsp3) is 0.455. The lowest BCUT2D eigenvalue weighted by Gasteiger charge is -2.26. The highest BCUT2D eigenvalue weighted by Gasteiger charge is 2.54. The maximum atomic E-state index is 13.2. The first-order chi connectivity index (χ1) is 21.7. The van der Waals surface area contributed by atoms with Gasteiger partial charge in [-0.25, -0.2) is 29.1 Å². The zero-order chi connectivity index (χ0) is 32.7. The lowest BCUT2D eigenvalue weighted by Crippen LogP contribution is -2.38. The Hall–Kier alpha value is -2.03. The molecule has 3 aliphatic heterocycles. The molecule has 0 aliphatic carbocycles. The van der Waals surface area contributed by atoms with Crippen LogP contribution in [0.15, 0.2) is 24.8 Å². The summed E-state index contributed by atoms with van der Waals surface area (Å²) in [5.74, 6) is 0.0244. The average molecular weight is 745 g/mol. The van der Waals surface area contributed by atoms with Gasteiger partial charge in [-0.1, -0.05) is 23.2 Å². The van der Waals surface area contributed by atoms with Crippen molar-refractivity contribution in [3.8, 4) is 0 Å². The molecule has 4 aromatic rings. The smallest absolute Gasteiger partial charge is 0.387 e. The largest absolute Gasteiger partial charge is 0.472 e. The SMILES string of the molecule is Nc1ncnc2c1ncn2[C@@H]1O[C@@H]2COP(=O)(O)OC3[C@@H](O)[C@@H](COP(=O)(O)O[C@H]1C2O)O[C@H]3n1c(Cl)nc2cc(Cl)c(Cl)cc21. The van der Waals surface area contributed by atoms with Crippen LogP contribution < -0.4 is 5.73 Å². The van der Waals surface area contributed by atoms with Gasteiger partial charge >= 0.3 is 15.6 Å². The molecule has 6 N–H and O–H groups in total. The number of fused-ring (bicyclic) bond motifs is 6. The van der Waals surface area contributed by atoms with Crippen LogP contribution in [0.4, 0.5) is 5.82 Å². The summed E-state index contributed by atoms with van der Waals surface area (Å²) in [4.78, 5) is 37.7. The van der Waals surface area contributed by atoms with Crippen LogP contribution in [0.2, 0.25) is 15.3 Å². The monoisotopic (exact) mass is 743 g/mol. The Kier molecular flexibility index (Phi) is 8.37. The van der Waals surface area contributed by atoms with Gasteiger partial charge in [-0.3, -0.25) is 27.2 Å². The van der Waals surface area contributed by atoms with E-state index in [0.717, 1.165) is 6.33 Å². The fourth-order valence-corrected chi connectivity index (χ4v) is 7.89. The zero-order valence-electron chi connectivity index (χ0n) is 22.7. The molecule has 0 amide bonds. The highest BCUT2D eigenvalue weighted by atomic mass is 35.5. The van der Waals surface area contributed by atoms with Gasteiger partial charge in [0, 0.05) is 0 Å². The minimum absolute atomic E-state index is 0.0244. The third-order valence-electron chi connectivity index (χ3n) is 7.54. The molecule has 3 saturated heterocycles. The van der Waals surface area contributed by atoms with Crippen LogP contribution in [0.25, 0.3) is 22.2 Å². The number of aromatic nitrogens is 6. The molecule has 7 rings (SSSR count). The maximum Gasteiger partial charge on any atom is 0.472 e. The van der Waals surface area contributed by atoms with Crippen molar-refractivity contribution in [2.24, 2.45) is 0 Å². The molecule has 3 aliphatic rings. The molecular formula is C22H22Cl3N7O12P2. The summed E-state index contributed by atoms with van der Waals surface area (Å²) in [6, 6.07) is 2.82. The van der Waals surface area contributed by atoms with Crippen LogP contribution in [0.3, 0.4) is 0 Å². The summed E-state index contributed by atoms with van der Waals surface area (Å²) in [5.41, 5.74) is 6.65. The minimum Gasteiger partial charge on any atom is -0.387 e. The second-order valence-electron chi connectivity index (χ2n) is 10.4. The topological polar surface area (TPSA) is 258 Å². The molecule has 24 heteroatoms. The summed E-state index contributed by atoms with van der Waals surface area (Å²) >= 11 is 18.7. The molecule has 10 atom stereocenters. The molecule has 6 heterocycles. The summed E-state index contributed by atoms with van der Waals surface area (Å²) in [6.45, 7) is -1.61. The second kappa shape index (κ2) is 11.8. The molecule has 3 aromatic heterocycles. The molecule has 4 unspecified atom stereocenters. The van der Waals surface area contributed by atoms with Gasteiger partial charge < -0.3 is 35.2 Å². The molecule has 4 bridgehead atoms. The molecule has 0 spiro atoms. The van der Waals surface area contributed by atoms with E-state index in [1.165, 1.54) is 27.6 Å². The molecule has 19 nitrogen and oxygen atoms in total. The van der Waals surface area contributed by atoms with E-state index >= 15 is 0 Å². The molecular weight excluding hydrogens is 723 g/mol. The first kappa shape index (κ1) is 32.5. The van der Waals surface area contributed by atoms with E-state index in [4.69, 9.17) is 68.1 Å². The van der Waals surface area contributed by atoms with Crippen LogP contribution in [0.1, 0.15) is 12.5 Å². The van der Waals surface area contributed by atoms with Crippen molar-refractivity contribution in [3.63, 3.8) is 0 Å². The van der Waals surface area contributed by atoms with E-state index in [9.17, 15) is 29.1 Å². The first-order valence-electron chi connectivity index (χ1n) is 13.2. The van der Waals surface area contributed by atoms with E-state index < -0.39 is 77.9 Å². The number of nitrogens with zero attached hydrogens (tertiary/aromatic N) is 6. The highest BCUT2D eigenvalue weighted by molar-refractivity contribution is 7.47. The fourth-order valence-electron chi connectivity index (χ4n) is 5.43. The third-order valence-corrected chi connectivity index (χ3v) is 10.5. The number of phosphoric ester groups is 2. The number of hydrogen-bond donors (Lipinski definition) is 5. The Labute approximate surface area is 271 Å². The van der Waals surface area contributed by atoms with Gasteiger partial charge in [0.2, 0.25) is 5.28 Å². The maximum absolute atomic E-state index is 13.2. The van der Waals surface area contributed by atoms with Crippen molar-refractivity contribution in [2.45, 2.75) is 49.1 Å². The van der Waals surface area contributed by atoms with E-state index in [2.05, 4.69) is 19.9 Å². The van der Waals surface area contributed by atoms with Gasteiger partial charge in [-0.15, -0.1) is 0 Å². The third kappa shape index (κ3) is 5.72. The van der Waals surface area contributed by atoms with Crippen molar-refractivity contribution in [1.29, 1.82) is 0 Å². The predicted octanol–water partition coefficient (Wildman–Crippen LogP) is 1.95. The summed E-state index contributed by atoms with van der Waals surface area (Å²) in [6.07, 6.45) is -10.3. The van der Waals surface area contributed by atoms with Gasteiger partial charge in [-0.2, -0.15) is 0 Å². The Morgan fingerprint density at radius 3 is 2.11 bits per heavy atom. The minimum atomic E-state index is -5.09. The number of nitrogens with two attached hydrogens (primary N) is 1. The van der Waals surface area contributed by atoms with Gasteiger partial charge in [0.15, 0.2) is 23.9 Å².